The lowest BCUT2D eigenvalue weighted by Gasteiger charge is -2.17. The van der Waals surface area contributed by atoms with Crippen LogP contribution in [0.2, 0.25) is 0 Å². The Hall–Kier alpha value is -2.12. The van der Waals surface area contributed by atoms with E-state index in [-0.39, 0.29) is 17.8 Å². The van der Waals surface area contributed by atoms with Crippen LogP contribution in [0.3, 0.4) is 0 Å². The van der Waals surface area contributed by atoms with Crippen LogP contribution in [0, 0.1) is 11.8 Å². The average Bonchev–Trinajstić information content (AvgIpc) is 2.93. The molecule has 3 atom stereocenters. The number of urea groups is 1. The normalized spacial score (nSPS) is 27.0. The summed E-state index contributed by atoms with van der Waals surface area (Å²) < 4.78 is 1.63. The van der Waals surface area contributed by atoms with E-state index >= 15 is 0 Å². The summed E-state index contributed by atoms with van der Waals surface area (Å²) >= 11 is 0. The summed E-state index contributed by atoms with van der Waals surface area (Å²) in [5.41, 5.74) is 5.32. The van der Waals surface area contributed by atoms with Crippen molar-refractivity contribution < 1.29 is 9.59 Å². The third-order valence-electron chi connectivity index (χ3n) is 4.70. The molecule has 3 N–H and O–H groups in total. The molecule has 1 saturated carbocycles. The smallest absolute Gasteiger partial charge is 0.317 e. The highest BCUT2D eigenvalue weighted by Gasteiger charge is 2.36. The van der Waals surface area contributed by atoms with Gasteiger partial charge >= 0.3 is 6.03 Å². The monoisotopic (exact) mass is 306 g/mol. The van der Waals surface area contributed by atoms with Gasteiger partial charge in [-0.15, -0.1) is 5.10 Å². The van der Waals surface area contributed by atoms with E-state index in [2.05, 4.69) is 22.6 Å². The van der Waals surface area contributed by atoms with Crippen molar-refractivity contribution in [1.29, 1.82) is 0 Å². The number of nitrogens with two attached hydrogens (primary N) is 1. The minimum atomic E-state index is -0.589. The number of nitrogens with one attached hydrogen (secondary N) is 1. The van der Waals surface area contributed by atoms with Gasteiger partial charge in [0.1, 0.15) is 0 Å². The molecule has 0 bridgehead atoms. The van der Waals surface area contributed by atoms with Crippen molar-refractivity contribution in [1.82, 2.24) is 25.2 Å². The maximum Gasteiger partial charge on any atom is 0.317 e. The second-order valence-electron chi connectivity index (χ2n) is 6.19. The van der Waals surface area contributed by atoms with E-state index < -0.39 is 5.91 Å². The Morgan fingerprint density at radius 3 is 2.91 bits per heavy atom. The predicted molar refractivity (Wildman–Crippen MR) is 79.1 cm³/mol. The van der Waals surface area contributed by atoms with Crippen LogP contribution in [0.4, 0.5) is 4.79 Å². The molecule has 1 unspecified atom stereocenters. The lowest BCUT2D eigenvalue weighted by molar-refractivity contribution is 0.0995. The first-order valence-electron chi connectivity index (χ1n) is 7.83. The number of hydrogen-bond donors (Lipinski definition) is 2. The van der Waals surface area contributed by atoms with Crippen LogP contribution in [-0.2, 0) is 0 Å². The minimum absolute atomic E-state index is 0.0144. The summed E-state index contributed by atoms with van der Waals surface area (Å²) in [7, 11) is 0. The predicted octanol–water partition coefficient (Wildman–Crippen LogP) is 0.380. The molecule has 0 radical (unpaired) electrons. The van der Waals surface area contributed by atoms with Crippen molar-refractivity contribution in [2.75, 3.05) is 19.6 Å². The number of carbonyl (C=O) groups is 2. The van der Waals surface area contributed by atoms with Crippen LogP contribution < -0.4 is 11.1 Å². The lowest BCUT2D eigenvalue weighted by atomic mass is 10.2. The molecule has 3 amide bonds. The Balaban J connectivity index is 1.48. The second kappa shape index (κ2) is 5.94. The molecule has 1 aliphatic carbocycles. The average molecular weight is 306 g/mol. The fourth-order valence-electron chi connectivity index (χ4n) is 3.10. The van der Waals surface area contributed by atoms with Crippen LogP contribution >= 0.6 is 0 Å². The van der Waals surface area contributed by atoms with Crippen molar-refractivity contribution in [2.24, 2.45) is 17.6 Å². The van der Waals surface area contributed by atoms with Gasteiger partial charge in [0.2, 0.25) is 0 Å². The molecule has 0 spiro atoms. The summed E-state index contributed by atoms with van der Waals surface area (Å²) in [5.74, 6) is 0.851. The van der Waals surface area contributed by atoms with Crippen LogP contribution in [-0.4, -0.2) is 51.5 Å². The van der Waals surface area contributed by atoms with Crippen molar-refractivity contribution in [3.05, 3.63) is 11.9 Å². The Kier molecular flexibility index (Phi) is 4.00. The van der Waals surface area contributed by atoms with Crippen molar-refractivity contribution in [3.63, 3.8) is 0 Å². The first kappa shape index (κ1) is 14.8. The molecule has 8 nitrogen and oxygen atoms in total. The first-order valence-corrected chi connectivity index (χ1v) is 7.83. The van der Waals surface area contributed by atoms with Gasteiger partial charge in [0.25, 0.3) is 5.91 Å². The molecule has 22 heavy (non-hydrogen) atoms. The Bertz CT molecular complexity index is 571. The van der Waals surface area contributed by atoms with Crippen molar-refractivity contribution in [2.45, 2.75) is 32.2 Å². The molecule has 0 aromatic carbocycles. The molecular formula is C14H22N6O2. The number of rotatable bonds is 5. The largest absolute Gasteiger partial charge is 0.364 e. The van der Waals surface area contributed by atoms with Gasteiger partial charge in [-0.05, 0) is 24.7 Å². The fraction of sp³-hybridized carbons (Fsp3) is 0.714. The van der Waals surface area contributed by atoms with Gasteiger partial charge in [-0.1, -0.05) is 18.6 Å². The number of carbonyl (C=O) groups excluding carboxylic acids is 2. The van der Waals surface area contributed by atoms with E-state index in [0.29, 0.717) is 19.0 Å². The second-order valence-corrected chi connectivity index (χ2v) is 6.19. The summed E-state index contributed by atoms with van der Waals surface area (Å²) in [6, 6.07) is 0.0372. The molecule has 120 valence electrons. The van der Waals surface area contributed by atoms with E-state index in [4.69, 9.17) is 5.73 Å². The molecule has 2 heterocycles. The van der Waals surface area contributed by atoms with E-state index in [1.165, 1.54) is 12.8 Å². The molecule has 8 heteroatoms. The number of aromatic nitrogens is 3. The third-order valence-corrected chi connectivity index (χ3v) is 4.70. The zero-order chi connectivity index (χ0) is 15.7. The lowest BCUT2D eigenvalue weighted by Crippen LogP contribution is -2.39. The molecule has 1 saturated heterocycles. The van der Waals surface area contributed by atoms with E-state index in [1.54, 1.807) is 15.8 Å². The highest BCUT2D eigenvalue weighted by atomic mass is 16.2. The molecule has 2 aliphatic rings. The summed E-state index contributed by atoms with van der Waals surface area (Å²) in [6.45, 7) is 4.23. The summed E-state index contributed by atoms with van der Waals surface area (Å²) in [4.78, 5) is 25.0. The van der Waals surface area contributed by atoms with Crippen LogP contribution in [0.25, 0.3) is 0 Å². The highest BCUT2D eigenvalue weighted by Crippen LogP contribution is 2.40. The van der Waals surface area contributed by atoms with E-state index in [9.17, 15) is 9.59 Å². The zero-order valence-electron chi connectivity index (χ0n) is 12.7. The molecule has 1 aromatic rings. The number of amides is 3. The number of hydrogen-bond acceptors (Lipinski definition) is 4. The van der Waals surface area contributed by atoms with E-state index in [0.717, 1.165) is 18.9 Å². The molecular weight excluding hydrogens is 284 g/mol. The van der Waals surface area contributed by atoms with Gasteiger partial charge < -0.3 is 16.0 Å². The van der Waals surface area contributed by atoms with Gasteiger partial charge in [0, 0.05) is 19.6 Å². The SMILES string of the molecule is CC[C@@H]1C[C@H]1CNC(=O)N1CCC(n2cc(C(N)=O)nn2)C1. The molecule has 2 fully saturated rings. The molecule has 1 aromatic heterocycles. The topological polar surface area (TPSA) is 106 Å². The van der Waals surface area contributed by atoms with Crippen molar-refractivity contribution in [3.8, 4) is 0 Å². The highest BCUT2D eigenvalue weighted by molar-refractivity contribution is 5.90. The van der Waals surface area contributed by atoms with Crippen LogP contribution in [0.15, 0.2) is 6.20 Å². The quantitative estimate of drug-likeness (QED) is 0.820. The number of nitrogens with zero attached hydrogens (tertiary/aromatic N) is 4. The summed E-state index contributed by atoms with van der Waals surface area (Å²) in [5, 5.41) is 10.7. The zero-order valence-corrected chi connectivity index (χ0v) is 12.7. The number of primary amides is 1. The van der Waals surface area contributed by atoms with Gasteiger partial charge in [-0.25, -0.2) is 9.48 Å². The van der Waals surface area contributed by atoms with Gasteiger partial charge in [0.05, 0.1) is 12.2 Å². The van der Waals surface area contributed by atoms with Crippen molar-refractivity contribution >= 4 is 11.9 Å². The number of likely N-dealkylation sites (tertiary alicyclic amines) is 1. The third kappa shape index (κ3) is 3.05. The van der Waals surface area contributed by atoms with Gasteiger partial charge in [-0.3, -0.25) is 4.79 Å². The maximum atomic E-state index is 12.2. The van der Waals surface area contributed by atoms with Gasteiger partial charge in [-0.2, -0.15) is 0 Å². The standard InChI is InChI=1S/C14H22N6O2/c1-2-9-5-10(9)6-16-14(22)19-4-3-11(7-19)20-8-12(13(15)21)17-18-20/h8-11H,2-7H2,1H3,(H2,15,21)(H,16,22)/t9-,10+,11?/m1/s1. The maximum absolute atomic E-state index is 12.2. The Morgan fingerprint density at radius 2 is 2.27 bits per heavy atom. The summed E-state index contributed by atoms with van der Waals surface area (Å²) in [6.07, 6.45) is 4.77. The van der Waals surface area contributed by atoms with Crippen LogP contribution in [0.5, 0.6) is 0 Å². The first-order chi connectivity index (χ1) is 10.6. The van der Waals surface area contributed by atoms with E-state index in [1.807, 2.05) is 0 Å². The molecule has 1 aliphatic heterocycles. The molecule has 3 rings (SSSR count). The Morgan fingerprint density at radius 1 is 1.45 bits per heavy atom. The van der Waals surface area contributed by atoms with Crippen LogP contribution in [0.1, 0.15) is 42.7 Å². The minimum Gasteiger partial charge on any atom is -0.364 e. The fourth-order valence-corrected chi connectivity index (χ4v) is 3.10. The van der Waals surface area contributed by atoms with Gasteiger partial charge in [0.15, 0.2) is 5.69 Å². The Labute approximate surface area is 129 Å².